The lowest BCUT2D eigenvalue weighted by atomic mass is 10.1. The van der Waals surface area contributed by atoms with Gasteiger partial charge in [0.05, 0.1) is 0 Å². The van der Waals surface area contributed by atoms with Crippen LogP contribution in [0.5, 0.6) is 0 Å². The van der Waals surface area contributed by atoms with E-state index < -0.39 is 0 Å². The lowest BCUT2D eigenvalue weighted by Crippen LogP contribution is -1.99. The second kappa shape index (κ2) is 5.77. The minimum Gasteiger partial charge on any atom is -0.456 e. The Morgan fingerprint density at radius 2 is 1.31 bits per heavy atom. The average molecular weight is 337 g/mol. The Hall–Kier alpha value is -3.53. The molecule has 0 aliphatic carbocycles. The molecule has 124 valence electrons. The number of aromatic nitrogens is 3. The molecule has 4 heteroatoms. The molecule has 5 rings (SSSR count). The van der Waals surface area contributed by atoms with Crippen molar-refractivity contribution >= 4 is 21.9 Å². The summed E-state index contributed by atoms with van der Waals surface area (Å²) >= 11 is 0. The number of rotatable bonds is 2. The number of hydrogen-bond acceptors (Lipinski definition) is 4. The van der Waals surface area contributed by atoms with E-state index in [0.29, 0.717) is 17.5 Å². The molecule has 0 fully saturated rings. The monoisotopic (exact) mass is 337 g/mol. The molecule has 0 atom stereocenters. The summed E-state index contributed by atoms with van der Waals surface area (Å²) < 4.78 is 5.91. The van der Waals surface area contributed by atoms with E-state index in [4.69, 9.17) is 9.40 Å². The number of fused-ring (bicyclic) bond motifs is 3. The van der Waals surface area contributed by atoms with Crippen LogP contribution in [0, 0.1) is 6.92 Å². The fourth-order valence-electron chi connectivity index (χ4n) is 3.19. The summed E-state index contributed by atoms with van der Waals surface area (Å²) in [7, 11) is 0. The van der Waals surface area contributed by atoms with Gasteiger partial charge in [-0.2, -0.15) is 0 Å². The summed E-state index contributed by atoms with van der Waals surface area (Å²) in [5.41, 5.74) is 3.68. The molecule has 26 heavy (non-hydrogen) atoms. The summed E-state index contributed by atoms with van der Waals surface area (Å²) in [6, 6.07) is 24.1. The Balaban J connectivity index is 1.70. The second-order valence-electron chi connectivity index (χ2n) is 6.21. The lowest BCUT2D eigenvalue weighted by molar-refractivity contribution is 0.669. The molecule has 0 aliphatic heterocycles. The first-order chi connectivity index (χ1) is 12.8. The number of aryl methyl sites for hydroxylation is 1. The van der Waals surface area contributed by atoms with Crippen molar-refractivity contribution in [3.8, 4) is 22.8 Å². The zero-order chi connectivity index (χ0) is 17.5. The van der Waals surface area contributed by atoms with Gasteiger partial charge >= 0.3 is 0 Å². The van der Waals surface area contributed by atoms with E-state index >= 15 is 0 Å². The van der Waals surface area contributed by atoms with Crippen molar-refractivity contribution in [3.05, 3.63) is 78.6 Å². The molecule has 0 amide bonds. The van der Waals surface area contributed by atoms with Crippen molar-refractivity contribution in [3.63, 3.8) is 0 Å². The van der Waals surface area contributed by atoms with Crippen molar-refractivity contribution in [2.24, 2.45) is 0 Å². The normalized spacial score (nSPS) is 11.3. The average Bonchev–Trinajstić information content (AvgIpc) is 3.06. The van der Waals surface area contributed by atoms with Crippen LogP contribution >= 0.6 is 0 Å². The van der Waals surface area contributed by atoms with E-state index in [2.05, 4.69) is 22.1 Å². The van der Waals surface area contributed by atoms with Crippen LogP contribution < -0.4 is 0 Å². The summed E-state index contributed by atoms with van der Waals surface area (Å²) in [5.74, 6) is 2.06. The molecule has 4 nitrogen and oxygen atoms in total. The van der Waals surface area contributed by atoms with Gasteiger partial charge < -0.3 is 4.42 Å². The number of nitrogens with zero attached hydrogens (tertiary/aromatic N) is 3. The highest BCUT2D eigenvalue weighted by molar-refractivity contribution is 6.06. The summed E-state index contributed by atoms with van der Waals surface area (Å²) in [5, 5.41) is 2.16. The standard InChI is InChI=1S/C22H15N3O/c1-14-23-21(15-7-3-2-4-8-15)25-22(24-14)16-11-12-20-18(13-16)17-9-5-6-10-19(17)26-20/h2-13H,1H3. The highest BCUT2D eigenvalue weighted by Crippen LogP contribution is 2.31. The number of benzene rings is 3. The fraction of sp³-hybridized carbons (Fsp3) is 0.0455. The Bertz CT molecular complexity index is 1240. The minimum absolute atomic E-state index is 0.670. The van der Waals surface area contributed by atoms with E-state index in [1.807, 2.05) is 67.6 Å². The Labute approximate surface area is 150 Å². The van der Waals surface area contributed by atoms with Crippen LogP contribution in [0.4, 0.5) is 0 Å². The van der Waals surface area contributed by atoms with E-state index in [1.54, 1.807) is 0 Å². The van der Waals surface area contributed by atoms with E-state index in [9.17, 15) is 0 Å². The molecule has 0 N–H and O–H groups in total. The summed E-state index contributed by atoms with van der Waals surface area (Å²) in [4.78, 5) is 13.7. The highest BCUT2D eigenvalue weighted by atomic mass is 16.3. The van der Waals surface area contributed by atoms with Crippen LogP contribution in [-0.4, -0.2) is 15.0 Å². The maximum absolute atomic E-state index is 5.91. The zero-order valence-corrected chi connectivity index (χ0v) is 14.2. The molecule has 0 bridgehead atoms. The van der Waals surface area contributed by atoms with Gasteiger partial charge in [-0.15, -0.1) is 0 Å². The van der Waals surface area contributed by atoms with Gasteiger partial charge in [-0.1, -0.05) is 48.5 Å². The maximum Gasteiger partial charge on any atom is 0.163 e. The molecule has 0 radical (unpaired) electrons. The minimum atomic E-state index is 0.670. The summed E-state index contributed by atoms with van der Waals surface area (Å²) in [6.45, 7) is 1.89. The number of furan rings is 1. The molecular formula is C22H15N3O. The smallest absolute Gasteiger partial charge is 0.163 e. The van der Waals surface area contributed by atoms with Crippen molar-refractivity contribution in [2.75, 3.05) is 0 Å². The van der Waals surface area contributed by atoms with Gasteiger partial charge in [0.1, 0.15) is 17.0 Å². The third-order valence-corrected chi connectivity index (χ3v) is 4.41. The second-order valence-corrected chi connectivity index (χ2v) is 6.21. The first-order valence-corrected chi connectivity index (χ1v) is 8.48. The van der Waals surface area contributed by atoms with Gasteiger partial charge in [0, 0.05) is 21.9 Å². The molecular weight excluding hydrogens is 322 g/mol. The Morgan fingerprint density at radius 3 is 2.15 bits per heavy atom. The van der Waals surface area contributed by atoms with Crippen LogP contribution in [0.3, 0.4) is 0 Å². The molecule has 2 aromatic heterocycles. The van der Waals surface area contributed by atoms with Crippen molar-refractivity contribution in [1.82, 2.24) is 15.0 Å². The molecule has 0 unspecified atom stereocenters. The topological polar surface area (TPSA) is 51.8 Å². The zero-order valence-electron chi connectivity index (χ0n) is 14.2. The van der Waals surface area contributed by atoms with Crippen molar-refractivity contribution < 1.29 is 4.42 Å². The SMILES string of the molecule is Cc1nc(-c2ccccc2)nc(-c2ccc3oc4ccccc4c3c2)n1. The third-order valence-electron chi connectivity index (χ3n) is 4.41. The predicted molar refractivity (Wildman–Crippen MR) is 103 cm³/mol. The van der Waals surface area contributed by atoms with Crippen LogP contribution in [0.2, 0.25) is 0 Å². The van der Waals surface area contributed by atoms with Crippen LogP contribution in [0.1, 0.15) is 5.82 Å². The van der Waals surface area contributed by atoms with Gasteiger partial charge in [0.25, 0.3) is 0 Å². The van der Waals surface area contributed by atoms with Gasteiger partial charge in [0.2, 0.25) is 0 Å². The van der Waals surface area contributed by atoms with Gasteiger partial charge in [0.15, 0.2) is 11.6 Å². The summed E-state index contributed by atoms with van der Waals surface area (Å²) in [6.07, 6.45) is 0. The largest absolute Gasteiger partial charge is 0.456 e. The van der Waals surface area contributed by atoms with E-state index in [1.165, 1.54) is 0 Å². The predicted octanol–water partition coefficient (Wildman–Crippen LogP) is 5.41. The molecule has 2 heterocycles. The molecule has 0 saturated heterocycles. The van der Waals surface area contributed by atoms with E-state index in [0.717, 1.165) is 33.1 Å². The molecule has 0 saturated carbocycles. The van der Waals surface area contributed by atoms with Crippen LogP contribution in [0.25, 0.3) is 44.7 Å². The van der Waals surface area contributed by atoms with Crippen molar-refractivity contribution in [2.45, 2.75) is 6.92 Å². The third kappa shape index (κ3) is 2.43. The van der Waals surface area contributed by atoms with Crippen LogP contribution in [0.15, 0.2) is 77.2 Å². The maximum atomic E-state index is 5.91. The highest BCUT2D eigenvalue weighted by Gasteiger charge is 2.11. The Morgan fingerprint density at radius 1 is 0.615 bits per heavy atom. The van der Waals surface area contributed by atoms with Gasteiger partial charge in [-0.3, -0.25) is 0 Å². The van der Waals surface area contributed by atoms with Crippen LogP contribution in [-0.2, 0) is 0 Å². The number of hydrogen-bond donors (Lipinski definition) is 0. The lowest BCUT2D eigenvalue weighted by Gasteiger charge is -2.05. The first kappa shape index (κ1) is 14.8. The van der Waals surface area contributed by atoms with Gasteiger partial charge in [-0.05, 0) is 31.2 Å². The molecule has 3 aromatic carbocycles. The quantitative estimate of drug-likeness (QED) is 0.432. The Kier molecular flexibility index (Phi) is 3.28. The first-order valence-electron chi connectivity index (χ1n) is 8.48. The number of para-hydroxylation sites is 1. The van der Waals surface area contributed by atoms with E-state index in [-0.39, 0.29) is 0 Å². The molecule has 0 spiro atoms. The molecule has 0 aliphatic rings. The molecule has 5 aromatic rings. The van der Waals surface area contributed by atoms with Crippen molar-refractivity contribution in [1.29, 1.82) is 0 Å². The fourth-order valence-corrected chi connectivity index (χ4v) is 3.19. The van der Waals surface area contributed by atoms with Gasteiger partial charge in [-0.25, -0.2) is 15.0 Å².